The van der Waals surface area contributed by atoms with Crippen LogP contribution in [0.3, 0.4) is 0 Å². The van der Waals surface area contributed by atoms with E-state index in [9.17, 15) is 14.0 Å². The molecule has 5 nitrogen and oxygen atoms in total. The van der Waals surface area contributed by atoms with Crippen LogP contribution >= 0.6 is 0 Å². The molecule has 0 aromatic heterocycles. The molecule has 122 valence electrons. The molecule has 0 spiro atoms. The fraction of sp³-hybridized carbons (Fsp3) is 0.471. The van der Waals surface area contributed by atoms with Crippen LogP contribution in [0, 0.1) is 11.7 Å². The van der Waals surface area contributed by atoms with E-state index in [0.29, 0.717) is 18.8 Å². The third-order valence-corrected chi connectivity index (χ3v) is 4.67. The van der Waals surface area contributed by atoms with Crippen molar-refractivity contribution in [3.05, 3.63) is 35.6 Å². The molecule has 2 aliphatic rings. The highest BCUT2D eigenvalue weighted by atomic mass is 19.1. The van der Waals surface area contributed by atoms with E-state index >= 15 is 0 Å². The minimum absolute atomic E-state index is 0.0351. The maximum atomic E-state index is 13.3. The van der Waals surface area contributed by atoms with Gasteiger partial charge in [0.2, 0.25) is 5.91 Å². The van der Waals surface area contributed by atoms with Gasteiger partial charge in [-0.1, -0.05) is 12.1 Å². The normalized spacial score (nSPS) is 24.3. The molecule has 2 atom stereocenters. The average Bonchev–Trinajstić information content (AvgIpc) is 3.09. The minimum Gasteiger partial charge on any atom is -0.342 e. The van der Waals surface area contributed by atoms with Gasteiger partial charge in [0.25, 0.3) is 5.91 Å². The topological polar surface area (TPSA) is 53.0 Å². The summed E-state index contributed by atoms with van der Waals surface area (Å²) in [5.41, 5.74) is 1.61. The second-order valence-corrected chi connectivity index (χ2v) is 6.24. The average molecular weight is 317 g/mol. The molecule has 0 N–H and O–H groups in total. The fourth-order valence-electron chi connectivity index (χ4n) is 3.32. The van der Waals surface area contributed by atoms with E-state index in [-0.39, 0.29) is 30.0 Å². The number of hydrogen-bond donors (Lipinski definition) is 0. The van der Waals surface area contributed by atoms with E-state index in [1.54, 1.807) is 24.9 Å². The van der Waals surface area contributed by atoms with Crippen LogP contribution in [0.1, 0.15) is 31.2 Å². The molecular formula is C17H20FN3O2. The number of nitrogens with zero attached hydrogens (tertiary/aromatic N) is 3. The molecule has 23 heavy (non-hydrogen) atoms. The summed E-state index contributed by atoms with van der Waals surface area (Å²) in [7, 11) is 1.60. The van der Waals surface area contributed by atoms with E-state index in [4.69, 9.17) is 0 Å². The van der Waals surface area contributed by atoms with Gasteiger partial charge >= 0.3 is 0 Å². The van der Waals surface area contributed by atoms with Crippen molar-refractivity contribution in [2.24, 2.45) is 11.0 Å². The van der Waals surface area contributed by atoms with E-state index < -0.39 is 5.92 Å². The SMILES string of the molecule is CC1=NN(C)C(=O)[C@@H]1CC(=O)N1CC[C@@H](c2cccc(F)c2)C1. The van der Waals surface area contributed by atoms with Gasteiger partial charge in [0.05, 0.1) is 5.92 Å². The number of likely N-dealkylation sites (tertiary alicyclic amines) is 1. The number of hydrogen-bond acceptors (Lipinski definition) is 3. The second-order valence-electron chi connectivity index (χ2n) is 6.24. The number of carbonyl (C=O) groups excluding carboxylic acids is 2. The molecule has 0 unspecified atom stereocenters. The Morgan fingerprint density at radius 2 is 2.22 bits per heavy atom. The third kappa shape index (κ3) is 3.11. The lowest BCUT2D eigenvalue weighted by atomic mass is 9.98. The number of amides is 2. The standard InChI is InChI=1S/C17H20FN3O2/c1-11-15(17(23)20(2)19-11)9-16(22)21-7-6-13(10-21)12-4-3-5-14(18)8-12/h3-5,8,13,15H,6-7,9-10H2,1-2H3/t13-,15-/m1/s1. The van der Waals surface area contributed by atoms with E-state index in [1.807, 2.05) is 6.07 Å². The summed E-state index contributed by atoms with van der Waals surface area (Å²) < 4.78 is 13.3. The molecule has 1 aromatic rings. The summed E-state index contributed by atoms with van der Waals surface area (Å²) in [6, 6.07) is 6.55. The van der Waals surface area contributed by atoms with Crippen molar-refractivity contribution in [2.45, 2.75) is 25.7 Å². The van der Waals surface area contributed by atoms with Gasteiger partial charge in [-0.05, 0) is 31.0 Å². The molecule has 0 aliphatic carbocycles. The van der Waals surface area contributed by atoms with Crippen LogP contribution in [0.2, 0.25) is 0 Å². The van der Waals surface area contributed by atoms with Crippen molar-refractivity contribution in [3.63, 3.8) is 0 Å². The molecule has 1 aromatic carbocycles. The molecule has 1 fully saturated rings. The largest absolute Gasteiger partial charge is 0.342 e. The van der Waals surface area contributed by atoms with Crippen molar-refractivity contribution in [1.82, 2.24) is 9.91 Å². The van der Waals surface area contributed by atoms with Crippen molar-refractivity contribution in [1.29, 1.82) is 0 Å². The first kappa shape index (κ1) is 15.6. The summed E-state index contributed by atoms with van der Waals surface area (Å²) in [5, 5.41) is 5.39. The summed E-state index contributed by atoms with van der Waals surface area (Å²) in [6.07, 6.45) is 0.981. The molecule has 3 rings (SSSR count). The van der Waals surface area contributed by atoms with Crippen LogP contribution in [0.25, 0.3) is 0 Å². The molecule has 0 bridgehead atoms. The Balaban J connectivity index is 1.62. The van der Waals surface area contributed by atoms with E-state index in [2.05, 4.69) is 5.10 Å². The first-order valence-electron chi connectivity index (χ1n) is 7.81. The van der Waals surface area contributed by atoms with Gasteiger partial charge < -0.3 is 4.90 Å². The molecule has 2 amide bonds. The van der Waals surface area contributed by atoms with Crippen LogP contribution in [0.5, 0.6) is 0 Å². The zero-order chi connectivity index (χ0) is 16.6. The molecule has 0 saturated carbocycles. The lowest BCUT2D eigenvalue weighted by molar-refractivity contribution is -0.136. The highest BCUT2D eigenvalue weighted by Gasteiger charge is 2.36. The van der Waals surface area contributed by atoms with Crippen molar-refractivity contribution in [2.75, 3.05) is 20.1 Å². The number of benzene rings is 1. The first-order valence-corrected chi connectivity index (χ1v) is 7.81. The monoisotopic (exact) mass is 317 g/mol. The highest BCUT2D eigenvalue weighted by Crippen LogP contribution is 2.29. The Hall–Kier alpha value is -2.24. The van der Waals surface area contributed by atoms with Gasteiger partial charge in [-0.2, -0.15) is 5.10 Å². The maximum Gasteiger partial charge on any atom is 0.251 e. The van der Waals surface area contributed by atoms with E-state index in [1.165, 1.54) is 17.1 Å². The van der Waals surface area contributed by atoms with Crippen LogP contribution in [0.4, 0.5) is 4.39 Å². The molecule has 6 heteroatoms. The predicted octanol–water partition coefficient (Wildman–Crippen LogP) is 2.00. The third-order valence-electron chi connectivity index (χ3n) is 4.67. The zero-order valence-corrected chi connectivity index (χ0v) is 13.3. The molecule has 1 saturated heterocycles. The van der Waals surface area contributed by atoms with Crippen LogP contribution in [0.15, 0.2) is 29.4 Å². The van der Waals surface area contributed by atoms with Crippen molar-refractivity contribution < 1.29 is 14.0 Å². The Bertz CT molecular complexity index is 674. The first-order chi connectivity index (χ1) is 11.0. The van der Waals surface area contributed by atoms with E-state index in [0.717, 1.165) is 12.0 Å². The number of halogens is 1. The minimum atomic E-state index is -0.444. The lowest BCUT2D eigenvalue weighted by Gasteiger charge is -2.19. The van der Waals surface area contributed by atoms with Crippen molar-refractivity contribution >= 4 is 17.5 Å². The molecule has 2 heterocycles. The summed E-state index contributed by atoms with van der Waals surface area (Å²) in [5.74, 6) is -0.699. The second kappa shape index (κ2) is 6.10. The van der Waals surface area contributed by atoms with Gasteiger partial charge in [0.1, 0.15) is 5.82 Å². The smallest absolute Gasteiger partial charge is 0.251 e. The van der Waals surface area contributed by atoms with Crippen LogP contribution < -0.4 is 0 Å². The molecular weight excluding hydrogens is 297 g/mol. The van der Waals surface area contributed by atoms with Gasteiger partial charge in [-0.25, -0.2) is 9.40 Å². The summed E-state index contributed by atoms with van der Waals surface area (Å²) in [6.45, 7) is 3.00. The zero-order valence-electron chi connectivity index (χ0n) is 13.3. The Labute approximate surface area is 134 Å². The predicted molar refractivity (Wildman–Crippen MR) is 84.3 cm³/mol. The molecule has 0 radical (unpaired) electrons. The van der Waals surface area contributed by atoms with Crippen LogP contribution in [-0.2, 0) is 9.59 Å². The van der Waals surface area contributed by atoms with Gasteiger partial charge in [0.15, 0.2) is 0 Å². The maximum absolute atomic E-state index is 13.3. The summed E-state index contributed by atoms with van der Waals surface area (Å²) >= 11 is 0. The van der Waals surface area contributed by atoms with Gasteiger partial charge in [0, 0.05) is 38.2 Å². The van der Waals surface area contributed by atoms with Crippen molar-refractivity contribution in [3.8, 4) is 0 Å². The summed E-state index contributed by atoms with van der Waals surface area (Å²) in [4.78, 5) is 26.2. The number of carbonyl (C=O) groups is 2. The lowest BCUT2D eigenvalue weighted by Crippen LogP contribution is -2.34. The fourth-order valence-corrected chi connectivity index (χ4v) is 3.32. The Morgan fingerprint density at radius 1 is 1.43 bits per heavy atom. The Morgan fingerprint density at radius 3 is 2.87 bits per heavy atom. The Kier molecular flexibility index (Phi) is 4.15. The number of hydrazone groups is 1. The van der Waals surface area contributed by atoms with Gasteiger partial charge in [-0.3, -0.25) is 9.59 Å². The van der Waals surface area contributed by atoms with Crippen LogP contribution in [-0.4, -0.2) is 47.6 Å². The van der Waals surface area contributed by atoms with Gasteiger partial charge in [-0.15, -0.1) is 0 Å². The quantitative estimate of drug-likeness (QED) is 0.856. The number of rotatable bonds is 3. The highest BCUT2D eigenvalue weighted by molar-refractivity contribution is 6.08. The molecule has 2 aliphatic heterocycles.